The van der Waals surface area contributed by atoms with Crippen LogP contribution in [0.2, 0.25) is 0 Å². The van der Waals surface area contributed by atoms with E-state index in [0.717, 1.165) is 18.9 Å². The zero-order valence-electron chi connectivity index (χ0n) is 8.85. The summed E-state index contributed by atoms with van der Waals surface area (Å²) >= 11 is 0. The zero-order chi connectivity index (χ0) is 10.3. The van der Waals surface area contributed by atoms with E-state index in [4.69, 9.17) is 9.47 Å². The van der Waals surface area contributed by atoms with Crippen molar-refractivity contribution in [2.45, 2.75) is 12.1 Å². The van der Waals surface area contributed by atoms with Gasteiger partial charge in [-0.15, -0.1) is 0 Å². The number of para-hydroxylation sites is 1. The fourth-order valence-corrected chi connectivity index (χ4v) is 2.47. The maximum absolute atomic E-state index is 5.74. The summed E-state index contributed by atoms with van der Waals surface area (Å²) in [7, 11) is 2.16. The standard InChI is InChI=1S/C12H15NO2/c1-13-6-7-14-11-8-15-10-5-3-2-4-9(10)12(11)13/h2-5,11-12H,6-8H2,1H3/t11-,12+/m0/s1. The molecule has 0 N–H and O–H groups in total. The zero-order valence-corrected chi connectivity index (χ0v) is 8.85. The Kier molecular flexibility index (Phi) is 2.15. The first-order valence-corrected chi connectivity index (χ1v) is 5.40. The Hall–Kier alpha value is -1.06. The summed E-state index contributed by atoms with van der Waals surface area (Å²) in [5.74, 6) is 1.01. The minimum absolute atomic E-state index is 0.193. The molecule has 0 spiro atoms. The molecule has 0 unspecified atom stereocenters. The Labute approximate surface area is 89.6 Å². The van der Waals surface area contributed by atoms with Crippen LogP contribution in [-0.2, 0) is 4.74 Å². The molecule has 1 aromatic rings. The number of hydrogen-bond acceptors (Lipinski definition) is 3. The van der Waals surface area contributed by atoms with Gasteiger partial charge in [-0.2, -0.15) is 0 Å². The van der Waals surface area contributed by atoms with Gasteiger partial charge in [-0.1, -0.05) is 18.2 Å². The van der Waals surface area contributed by atoms with Crippen LogP contribution in [0, 0.1) is 0 Å². The van der Waals surface area contributed by atoms with E-state index in [0.29, 0.717) is 12.6 Å². The molecule has 3 heteroatoms. The minimum Gasteiger partial charge on any atom is -0.490 e. The van der Waals surface area contributed by atoms with Crippen LogP contribution in [0.25, 0.3) is 0 Å². The third kappa shape index (κ3) is 1.43. The van der Waals surface area contributed by atoms with Crippen LogP contribution in [0.3, 0.4) is 0 Å². The van der Waals surface area contributed by atoms with Crippen LogP contribution in [0.1, 0.15) is 11.6 Å². The number of benzene rings is 1. The Morgan fingerprint density at radius 1 is 1.33 bits per heavy atom. The number of rotatable bonds is 0. The van der Waals surface area contributed by atoms with E-state index in [1.807, 2.05) is 12.1 Å². The van der Waals surface area contributed by atoms with Crippen LogP contribution in [0.4, 0.5) is 0 Å². The minimum atomic E-state index is 0.193. The van der Waals surface area contributed by atoms with Crippen LogP contribution in [0.5, 0.6) is 5.75 Å². The van der Waals surface area contributed by atoms with E-state index >= 15 is 0 Å². The number of hydrogen-bond donors (Lipinski definition) is 0. The van der Waals surface area contributed by atoms with Crippen LogP contribution < -0.4 is 4.74 Å². The molecule has 15 heavy (non-hydrogen) atoms. The lowest BCUT2D eigenvalue weighted by atomic mass is 9.96. The van der Waals surface area contributed by atoms with Crippen molar-refractivity contribution in [3.63, 3.8) is 0 Å². The summed E-state index contributed by atoms with van der Waals surface area (Å²) in [4.78, 5) is 2.36. The van der Waals surface area contributed by atoms with E-state index in [1.165, 1.54) is 5.56 Å². The Morgan fingerprint density at radius 2 is 2.20 bits per heavy atom. The molecule has 3 rings (SSSR count). The van der Waals surface area contributed by atoms with Crippen LogP contribution in [-0.4, -0.2) is 37.8 Å². The molecule has 0 aliphatic carbocycles. The molecule has 0 bridgehead atoms. The fraction of sp³-hybridized carbons (Fsp3) is 0.500. The van der Waals surface area contributed by atoms with Gasteiger partial charge in [0, 0.05) is 12.1 Å². The fourth-order valence-electron chi connectivity index (χ4n) is 2.47. The van der Waals surface area contributed by atoms with E-state index in [2.05, 4.69) is 24.1 Å². The lowest BCUT2D eigenvalue weighted by molar-refractivity contribution is -0.0906. The molecular weight excluding hydrogens is 190 g/mol. The smallest absolute Gasteiger partial charge is 0.124 e. The van der Waals surface area contributed by atoms with Crippen molar-refractivity contribution < 1.29 is 9.47 Å². The molecule has 0 saturated carbocycles. The van der Waals surface area contributed by atoms with Crippen molar-refractivity contribution in [2.24, 2.45) is 0 Å². The molecule has 1 saturated heterocycles. The number of nitrogens with zero attached hydrogens (tertiary/aromatic N) is 1. The molecular formula is C12H15NO2. The SMILES string of the molecule is CN1CCO[C@H]2COc3ccccc3[C@H]21. The Bertz CT molecular complexity index is 366. The average Bonchev–Trinajstić information content (AvgIpc) is 2.29. The summed E-state index contributed by atoms with van der Waals surface area (Å²) < 4.78 is 11.4. The van der Waals surface area contributed by atoms with Crippen molar-refractivity contribution in [1.82, 2.24) is 4.90 Å². The topological polar surface area (TPSA) is 21.7 Å². The number of ether oxygens (including phenoxy) is 2. The lowest BCUT2D eigenvalue weighted by Crippen LogP contribution is -2.47. The normalized spacial score (nSPS) is 30.2. The van der Waals surface area contributed by atoms with Crippen molar-refractivity contribution >= 4 is 0 Å². The monoisotopic (exact) mass is 205 g/mol. The number of fused-ring (bicyclic) bond motifs is 3. The third-order valence-electron chi connectivity index (χ3n) is 3.24. The maximum Gasteiger partial charge on any atom is 0.124 e. The second kappa shape index (κ2) is 3.51. The van der Waals surface area contributed by atoms with Gasteiger partial charge < -0.3 is 9.47 Å². The largest absolute Gasteiger partial charge is 0.490 e. The van der Waals surface area contributed by atoms with E-state index in [1.54, 1.807) is 0 Å². The van der Waals surface area contributed by atoms with Gasteiger partial charge in [0.05, 0.1) is 12.6 Å². The summed E-state index contributed by atoms with van der Waals surface area (Å²) in [6.45, 7) is 2.48. The number of morpholine rings is 1. The molecule has 80 valence electrons. The van der Waals surface area contributed by atoms with E-state index in [9.17, 15) is 0 Å². The molecule has 0 aromatic heterocycles. The van der Waals surface area contributed by atoms with Gasteiger partial charge in [-0.05, 0) is 13.1 Å². The summed E-state index contributed by atoms with van der Waals surface area (Å²) in [5, 5.41) is 0. The predicted molar refractivity (Wildman–Crippen MR) is 57.0 cm³/mol. The highest BCUT2D eigenvalue weighted by molar-refractivity contribution is 5.38. The van der Waals surface area contributed by atoms with Crippen LogP contribution in [0.15, 0.2) is 24.3 Å². The van der Waals surface area contributed by atoms with Gasteiger partial charge in [0.1, 0.15) is 18.5 Å². The first kappa shape index (κ1) is 9.19. The van der Waals surface area contributed by atoms with E-state index in [-0.39, 0.29) is 6.10 Å². The van der Waals surface area contributed by atoms with Gasteiger partial charge in [0.15, 0.2) is 0 Å². The van der Waals surface area contributed by atoms with Crippen molar-refractivity contribution in [3.05, 3.63) is 29.8 Å². The van der Waals surface area contributed by atoms with E-state index < -0.39 is 0 Å². The summed E-state index contributed by atoms with van der Waals surface area (Å²) in [6, 6.07) is 8.62. The first-order valence-electron chi connectivity index (χ1n) is 5.40. The van der Waals surface area contributed by atoms with Gasteiger partial charge >= 0.3 is 0 Å². The lowest BCUT2D eigenvalue weighted by Gasteiger charge is -2.42. The average molecular weight is 205 g/mol. The number of likely N-dealkylation sites (N-methyl/N-ethyl adjacent to an activating group) is 1. The van der Waals surface area contributed by atoms with Gasteiger partial charge in [0.2, 0.25) is 0 Å². The van der Waals surface area contributed by atoms with Gasteiger partial charge in [-0.3, -0.25) is 4.90 Å². The quantitative estimate of drug-likeness (QED) is 0.640. The van der Waals surface area contributed by atoms with Gasteiger partial charge in [-0.25, -0.2) is 0 Å². The molecule has 1 fully saturated rings. The molecule has 2 atom stereocenters. The molecule has 0 radical (unpaired) electrons. The Balaban J connectivity index is 2.02. The van der Waals surface area contributed by atoms with Crippen molar-refractivity contribution in [2.75, 3.05) is 26.8 Å². The molecule has 2 aliphatic heterocycles. The molecule has 1 aromatic carbocycles. The highest BCUT2D eigenvalue weighted by atomic mass is 16.5. The van der Waals surface area contributed by atoms with Crippen LogP contribution >= 0.6 is 0 Å². The predicted octanol–water partition coefficient (Wildman–Crippen LogP) is 1.45. The summed E-state index contributed by atoms with van der Waals surface area (Å²) in [5.41, 5.74) is 1.26. The first-order chi connectivity index (χ1) is 7.36. The van der Waals surface area contributed by atoms with Gasteiger partial charge in [0.25, 0.3) is 0 Å². The second-order valence-electron chi connectivity index (χ2n) is 4.18. The maximum atomic E-state index is 5.74. The highest BCUT2D eigenvalue weighted by Gasteiger charge is 2.36. The molecule has 0 amide bonds. The molecule has 3 nitrogen and oxygen atoms in total. The third-order valence-corrected chi connectivity index (χ3v) is 3.24. The van der Waals surface area contributed by atoms with Crippen molar-refractivity contribution in [3.8, 4) is 5.75 Å². The summed E-state index contributed by atoms with van der Waals surface area (Å²) in [6.07, 6.45) is 0.193. The second-order valence-corrected chi connectivity index (χ2v) is 4.18. The molecule has 2 aliphatic rings. The Morgan fingerprint density at radius 3 is 3.13 bits per heavy atom. The highest BCUT2D eigenvalue weighted by Crippen LogP contribution is 2.37. The molecule has 2 heterocycles. The van der Waals surface area contributed by atoms with Crippen molar-refractivity contribution in [1.29, 1.82) is 0 Å².